The lowest BCUT2D eigenvalue weighted by Crippen LogP contribution is -2.00. The minimum absolute atomic E-state index is 0.483. The van der Waals surface area contributed by atoms with Crippen molar-refractivity contribution >= 4 is 22.7 Å². The van der Waals surface area contributed by atoms with Gasteiger partial charge in [0.05, 0.1) is 16.7 Å². The van der Waals surface area contributed by atoms with Crippen LogP contribution < -0.4 is 5.73 Å². The number of aryl methyl sites for hydroxylation is 1. The van der Waals surface area contributed by atoms with Gasteiger partial charge in [-0.2, -0.15) is 0 Å². The Labute approximate surface area is 115 Å². The molecule has 96 valence electrons. The molecule has 3 aromatic rings. The minimum atomic E-state index is 0.483. The van der Waals surface area contributed by atoms with Crippen molar-refractivity contribution in [3.8, 4) is 0 Å². The zero-order valence-corrected chi connectivity index (χ0v) is 11.4. The number of hydrogen-bond donors (Lipinski definition) is 1. The van der Waals surface area contributed by atoms with Crippen molar-refractivity contribution in [3.63, 3.8) is 0 Å². The van der Waals surface area contributed by atoms with Crippen LogP contribution in [0.1, 0.15) is 11.3 Å². The molecule has 0 aliphatic carbocycles. The normalized spacial score (nSPS) is 11.1. The number of hydrogen-bond acceptors (Lipinski definition) is 4. The number of rotatable bonds is 3. The fraction of sp³-hybridized carbons (Fsp3) is 0.133. The van der Waals surface area contributed by atoms with Gasteiger partial charge in [0.1, 0.15) is 5.76 Å². The largest absolute Gasteiger partial charge is 0.468 e. The van der Waals surface area contributed by atoms with E-state index in [4.69, 9.17) is 10.2 Å². The maximum Gasteiger partial charge on any atom is 0.114 e. The van der Waals surface area contributed by atoms with Crippen LogP contribution in [0.25, 0.3) is 10.9 Å². The van der Waals surface area contributed by atoms with Gasteiger partial charge in [-0.15, -0.1) is 0 Å². The molecule has 0 bridgehead atoms. The lowest BCUT2D eigenvalue weighted by molar-refractivity contribution is 0.527. The first kappa shape index (κ1) is 12.3. The average molecular weight is 270 g/mol. The Morgan fingerprint density at radius 3 is 2.84 bits per heavy atom. The van der Waals surface area contributed by atoms with Crippen molar-refractivity contribution in [3.05, 3.63) is 54.1 Å². The third kappa shape index (κ3) is 2.25. The summed E-state index contributed by atoms with van der Waals surface area (Å²) in [6.07, 6.45) is 3.57. The van der Waals surface area contributed by atoms with Gasteiger partial charge in [0, 0.05) is 23.0 Å². The summed E-state index contributed by atoms with van der Waals surface area (Å²) in [6, 6.07) is 10.1. The minimum Gasteiger partial charge on any atom is -0.468 e. The Kier molecular flexibility index (Phi) is 3.27. The molecule has 4 heteroatoms. The lowest BCUT2D eigenvalue weighted by atomic mass is 10.1. The second-order valence-corrected chi connectivity index (χ2v) is 5.33. The van der Waals surface area contributed by atoms with E-state index >= 15 is 0 Å². The number of furan rings is 1. The van der Waals surface area contributed by atoms with Gasteiger partial charge >= 0.3 is 0 Å². The topological polar surface area (TPSA) is 52.0 Å². The first-order valence-electron chi connectivity index (χ1n) is 6.08. The van der Waals surface area contributed by atoms with Gasteiger partial charge in [0.25, 0.3) is 0 Å². The van der Waals surface area contributed by atoms with Crippen LogP contribution in [0.4, 0.5) is 0 Å². The highest BCUT2D eigenvalue weighted by atomic mass is 32.2. The smallest absolute Gasteiger partial charge is 0.114 e. The summed E-state index contributed by atoms with van der Waals surface area (Å²) in [5, 5.41) is 1.14. The Morgan fingerprint density at radius 2 is 2.11 bits per heavy atom. The molecular formula is C15H14N2OS. The molecule has 19 heavy (non-hydrogen) atoms. The van der Waals surface area contributed by atoms with Crippen LogP contribution in [0.15, 0.2) is 57.0 Å². The van der Waals surface area contributed by atoms with Gasteiger partial charge in [-0.1, -0.05) is 30.0 Å². The predicted octanol–water partition coefficient (Wildman–Crippen LogP) is 3.75. The van der Waals surface area contributed by atoms with Crippen LogP contribution in [0, 0.1) is 6.92 Å². The van der Waals surface area contributed by atoms with Gasteiger partial charge < -0.3 is 10.2 Å². The van der Waals surface area contributed by atoms with Crippen LogP contribution in [0.3, 0.4) is 0 Å². The van der Waals surface area contributed by atoms with Crippen molar-refractivity contribution in [1.29, 1.82) is 0 Å². The third-order valence-corrected chi connectivity index (χ3v) is 4.37. The number of fused-ring (bicyclic) bond motifs is 1. The quantitative estimate of drug-likeness (QED) is 0.787. The fourth-order valence-corrected chi connectivity index (χ4v) is 3.10. The SMILES string of the molecule is Cc1occc1Sc1c(CN)cnc2ccccc12. The summed E-state index contributed by atoms with van der Waals surface area (Å²) in [5.74, 6) is 0.925. The Bertz CT molecular complexity index is 721. The van der Waals surface area contributed by atoms with Crippen LogP contribution in [0.2, 0.25) is 0 Å². The molecule has 2 N–H and O–H groups in total. The molecule has 3 rings (SSSR count). The second-order valence-electron chi connectivity index (χ2n) is 4.28. The average Bonchev–Trinajstić information content (AvgIpc) is 2.85. The van der Waals surface area contributed by atoms with Crippen molar-refractivity contribution in [2.24, 2.45) is 5.73 Å². The molecule has 0 unspecified atom stereocenters. The van der Waals surface area contributed by atoms with Crippen LogP contribution in [-0.2, 0) is 6.54 Å². The molecule has 0 aliphatic heterocycles. The molecule has 0 saturated heterocycles. The summed E-state index contributed by atoms with van der Waals surface area (Å²) < 4.78 is 5.35. The predicted molar refractivity (Wildman–Crippen MR) is 77.2 cm³/mol. The van der Waals surface area contributed by atoms with Gasteiger partial charge in [0.15, 0.2) is 0 Å². The van der Waals surface area contributed by atoms with Gasteiger partial charge in [-0.25, -0.2) is 0 Å². The zero-order chi connectivity index (χ0) is 13.2. The standard InChI is InChI=1S/C15H14N2OS/c1-10-14(6-7-18-10)19-15-11(8-16)9-17-13-5-3-2-4-12(13)15/h2-7,9H,8,16H2,1H3. The molecule has 0 aliphatic rings. The Balaban J connectivity index is 2.17. The molecule has 3 nitrogen and oxygen atoms in total. The maximum absolute atomic E-state index is 5.83. The molecule has 1 aromatic carbocycles. The first-order valence-corrected chi connectivity index (χ1v) is 6.90. The molecule has 0 fully saturated rings. The molecule has 0 saturated carbocycles. The van der Waals surface area contributed by atoms with Crippen molar-refractivity contribution in [1.82, 2.24) is 4.98 Å². The van der Waals surface area contributed by atoms with E-state index in [0.29, 0.717) is 6.54 Å². The Morgan fingerprint density at radius 1 is 1.26 bits per heavy atom. The molecular weight excluding hydrogens is 256 g/mol. The summed E-state index contributed by atoms with van der Waals surface area (Å²) >= 11 is 1.69. The van der Waals surface area contributed by atoms with E-state index in [1.54, 1.807) is 18.0 Å². The number of pyridine rings is 1. The third-order valence-electron chi connectivity index (χ3n) is 3.04. The molecule has 0 spiro atoms. The first-order chi connectivity index (χ1) is 9.29. The maximum atomic E-state index is 5.83. The highest BCUT2D eigenvalue weighted by Crippen LogP contribution is 2.37. The highest BCUT2D eigenvalue weighted by Gasteiger charge is 2.11. The fourth-order valence-electron chi connectivity index (χ4n) is 2.01. The second kappa shape index (κ2) is 5.07. The van der Waals surface area contributed by atoms with E-state index < -0.39 is 0 Å². The highest BCUT2D eigenvalue weighted by molar-refractivity contribution is 7.99. The number of nitrogens with zero attached hydrogens (tertiary/aromatic N) is 1. The van der Waals surface area contributed by atoms with E-state index in [0.717, 1.165) is 32.0 Å². The van der Waals surface area contributed by atoms with Gasteiger partial charge in [0.2, 0.25) is 0 Å². The summed E-state index contributed by atoms with van der Waals surface area (Å²) in [5.41, 5.74) is 7.88. The number of nitrogens with two attached hydrogens (primary N) is 1. The lowest BCUT2D eigenvalue weighted by Gasteiger charge is -2.10. The number of benzene rings is 1. The summed E-state index contributed by atoms with van der Waals surface area (Å²) in [7, 11) is 0. The van der Waals surface area contributed by atoms with Crippen LogP contribution >= 0.6 is 11.8 Å². The summed E-state index contributed by atoms with van der Waals surface area (Å²) in [6.45, 7) is 2.45. The monoisotopic (exact) mass is 270 g/mol. The number of para-hydroxylation sites is 1. The molecule has 0 radical (unpaired) electrons. The van der Waals surface area contributed by atoms with Crippen LogP contribution in [-0.4, -0.2) is 4.98 Å². The molecule has 0 atom stereocenters. The zero-order valence-electron chi connectivity index (χ0n) is 10.6. The number of aromatic nitrogens is 1. The molecule has 2 aromatic heterocycles. The van der Waals surface area contributed by atoms with E-state index in [1.165, 1.54) is 0 Å². The van der Waals surface area contributed by atoms with Gasteiger partial charge in [-0.3, -0.25) is 4.98 Å². The van der Waals surface area contributed by atoms with E-state index in [9.17, 15) is 0 Å². The van der Waals surface area contributed by atoms with Crippen molar-refractivity contribution in [2.75, 3.05) is 0 Å². The molecule has 2 heterocycles. The van der Waals surface area contributed by atoms with Gasteiger partial charge in [-0.05, 0) is 24.6 Å². The van der Waals surface area contributed by atoms with Crippen molar-refractivity contribution < 1.29 is 4.42 Å². The molecule has 0 amide bonds. The summed E-state index contributed by atoms with van der Waals surface area (Å²) in [4.78, 5) is 6.73. The Hall–Kier alpha value is -1.78. The van der Waals surface area contributed by atoms with E-state index in [-0.39, 0.29) is 0 Å². The van der Waals surface area contributed by atoms with Crippen LogP contribution in [0.5, 0.6) is 0 Å². The van der Waals surface area contributed by atoms with Crippen molar-refractivity contribution in [2.45, 2.75) is 23.3 Å². The van der Waals surface area contributed by atoms with E-state index in [1.807, 2.05) is 37.4 Å². The van der Waals surface area contributed by atoms with E-state index in [2.05, 4.69) is 11.1 Å².